The minimum atomic E-state index is -0.00752. The third kappa shape index (κ3) is 0.798. The average Bonchev–Trinajstić information content (AvgIpc) is 1.98. The summed E-state index contributed by atoms with van der Waals surface area (Å²) in [5.74, 6) is 0. The van der Waals surface area contributed by atoms with Crippen molar-refractivity contribution in [3.63, 3.8) is 0 Å². The molecule has 0 aromatic rings. The van der Waals surface area contributed by atoms with E-state index in [4.69, 9.17) is 0 Å². The number of urea groups is 1. The van der Waals surface area contributed by atoms with Gasteiger partial charge in [-0.2, -0.15) is 0 Å². The topological polar surface area (TPSA) is 32.3 Å². The second-order valence-corrected chi connectivity index (χ2v) is 2.79. The van der Waals surface area contributed by atoms with Crippen LogP contribution in [0.25, 0.3) is 0 Å². The number of nitrogens with zero attached hydrogens (tertiary/aromatic N) is 1. The molecule has 0 spiro atoms. The quantitative estimate of drug-likeness (QED) is 0.422. The summed E-state index contributed by atoms with van der Waals surface area (Å²) in [5.41, 5.74) is 0. The van der Waals surface area contributed by atoms with Crippen LogP contribution in [0.4, 0.5) is 4.79 Å². The fraction of sp³-hybridized carbons (Fsp3) is 0.750. The van der Waals surface area contributed by atoms with E-state index in [0.29, 0.717) is 6.54 Å². The maximum absolute atomic E-state index is 10.6. The van der Waals surface area contributed by atoms with Gasteiger partial charge < -0.3 is 10.2 Å². The van der Waals surface area contributed by atoms with Crippen LogP contribution < -0.4 is 5.32 Å². The van der Waals surface area contributed by atoms with Gasteiger partial charge >= 0.3 is 6.03 Å². The number of halogens is 1. The lowest BCUT2D eigenvalue weighted by atomic mass is 10.7. The smallest absolute Gasteiger partial charge is 0.318 e. The normalized spacial score (nSPS) is 28.5. The van der Waals surface area contributed by atoms with Crippen LogP contribution >= 0.6 is 15.9 Å². The van der Waals surface area contributed by atoms with Gasteiger partial charge in [-0.25, -0.2) is 4.79 Å². The van der Waals surface area contributed by atoms with Crippen LogP contribution in [-0.4, -0.2) is 29.5 Å². The van der Waals surface area contributed by atoms with E-state index in [2.05, 4.69) is 21.2 Å². The first-order valence-corrected chi connectivity index (χ1v) is 3.28. The molecule has 8 heavy (non-hydrogen) atoms. The summed E-state index contributed by atoms with van der Waals surface area (Å²) in [4.78, 5) is 12.4. The molecule has 1 atom stereocenters. The highest BCUT2D eigenvalue weighted by Gasteiger charge is 2.23. The second-order valence-electron chi connectivity index (χ2n) is 1.73. The highest BCUT2D eigenvalue weighted by molar-refractivity contribution is 9.09. The first kappa shape index (κ1) is 5.88. The van der Waals surface area contributed by atoms with E-state index >= 15 is 0 Å². The first-order valence-electron chi connectivity index (χ1n) is 2.36. The van der Waals surface area contributed by atoms with Crippen molar-refractivity contribution in [2.75, 3.05) is 13.6 Å². The van der Waals surface area contributed by atoms with Crippen LogP contribution in [0, 0.1) is 0 Å². The van der Waals surface area contributed by atoms with Gasteiger partial charge in [-0.15, -0.1) is 0 Å². The van der Waals surface area contributed by atoms with Crippen molar-refractivity contribution in [3.05, 3.63) is 0 Å². The molecule has 0 saturated carbocycles. The number of likely N-dealkylation sites (N-methyl/N-ethyl adjacent to an activating group) is 1. The van der Waals surface area contributed by atoms with E-state index in [1.165, 1.54) is 0 Å². The molecule has 4 heteroatoms. The number of carbonyl (C=O) groups excluding carboxylic acids is 1. The minimum Gasteiger partial charge on any atom is -0.335 e. The van der Waals surface area contributed by atoms with Crippen LogP contribution in [0.2, 0.25) is 0 Å². The Morgan fingerprint density at radius 3 is 2.75 bits per heavy atom. The number of hydrogen-bond donors (Lipinski definition) is 1. The monoisotopic (exact) mass is 178 g/mol. The lowest BCUT2D eigenvalue weighted by molar-refractivity contribution is 0.224. The molecule has 0 radical (unpaired) electrons. The lowest BCUT2D eigenvalue weighted by Gasteiger charge is -2.08. The fourth-order valence-electron chi connectivity index (χ4n) is 0.560. The van der Waals surface area contributed by atoms with Gasteiger partial charge in [0.2, 0.25) is 0 Å². The second kappa shape index (κ2) is 1.93. The predicted octanol–water partition coefficient (Wildman–Crippen LogP) is 0.362. The Kier molecular flexibility index (Phi) is 1.42. The number of rotatable bonds is 0. The number of carbonyl (C=O) groups is 1. The van der Waals surface area contributed by atoms with Crippen molar-refractivity contribution >= 4 is 22.0 Å². The Morgan fingerprint density at radius 1 is 2.00 bits per heavy atom. The van der Waals surface area contributed by atoms with Gasteiger partial charge in [0.05, 0.1) is 0 Å². The van der Waals surface area contributed by atoms with Gasteiger partial charge in [0.1, 0.15) is 4.95 Å². The molecule has 1 aliphatic heterocycles. The molecule has 1 aliphatic rings. The maximum Gasteiger partial charge on any atom is 0.318 e. The van der Waals surface area contributed by atoms with Gasteiger partial charge in [0.25, 0.3) is 0 Å². The Hall–Kier alpha value is -0.250. The number of amides is 2. The van der Waals surface area contributed by atoms with E-state index in [1.54, 1.807) is 11.9 Å². The molecule has 1 N–H and O–H groups in total. The molecule has 1 fully saturated rings. The summed E-state index contributed by atoms with van der Waals surface area (Å²) in [5, 5.41) is 2.66. The molecule has 1 rings (SSSR count). The third-order valence-corrected chi connectivity index (χ3v) is 2.10. The van der Waals surface area contributed by atoms with Crippen molar-refractivity contribution < 1.29 is 4.79 Å². The highest BCUT2D eigenvalue weighted by Crippen LogP contribution is 2.08. The summed E-state index contributed by atoms with van der Waals surface area (Å²) < 4.78 is 0. The summed E-state index contributed by atoms with van der Waals surface area (Å²) in [6, 6.07) is -0.00752. The standard InChI is InChI=1S/C4H7BrN2O/c1-7-3(5)2-6-4(7)8/h3H,2H2,1H3,(H,6,8). The molecule has 0 aromatic heterocycles. The molecule has 1 heterocycles. The Balaban J connectivity index is 2.56. The first-order chi connectivity index (χ1) is 3.72. The molecule has 46 valence electrons. The Labute approximate surface area is 56.2 Å². The largest absolute Gasteiger partial charge is 0.335 e. The molecule has 0 aromatic carbocycles. The molecule has 0 aliphatic carbocycles. The molecule has 2 amide bonds. The summed E-state index contributed by atoms with van der Waals surface area (Å²) >= 11 is 3.29. The van der Waals surface area contributed by atoms with E-state index in [0.717, 1.165) is 0 Å². The maximum atomic E-state index is 10.6. The van der Waals surface area contributed by atoms with Gasteiger partial charge in [-0.1, -0.05) is 15.9 Å². The van der Waals surface area contributed by atoms with Crippen LogP contribution in [0.5, 0.6) is 0 Å². The van der Waals surface area contributed by atoms with Crippen molar-refractivity contribution in [2.45, 2.75) is 4.95 Å². The molecular weight excluding hydrogens is 172 g/mol. The zero-order valence-corrected chi connectivity index (χ0v) is 6.10. The summed E-state index contributed by atoms with van der Waals surface area (Å²) in [6.07, 6.45) is 0. The van der Waals surface area contributed by atoms with E-state index in [9.17, 15) is 4.79 Å². The molecule has 0 bridgehead atoms. The van der Waals surface area contributed by atoms with Gasteiger partial charge in [0.15, 0.2) is 0 Å². The number of alkyl halides is 1. The van der Waals surface area contributed by atoms with E-state index in [-0.39, 0.29) is 11.0 Å². The SMILES string of the molecule is CN1C(=O)NCC1Br. The van der Waals surface area contributed by atoms with Crippen LogP contribution in [0.15, 0.2) is 0 Å². The number of nitrogens with one attached hydrogen (secondary N) is 1. The van der Waals surface area contributed by atoms with Crippen molar-refractivity contribution in [1.82, 2.24) is 10.2 Å². The molecule has 3 nitrogen and oxygen atoms in total. The third-order valence-electron chi connectivity index (χ3n) is 1.16. The van der Waals surface area contributed by atoms with Crippen molar-refractivity contribution in [2.24, 2.45) is 0 Å². The highest BCUT2D eigenvalue weighted by atomic mass is 79.9. The van der Waals surface area contributed by atoms with E-state index in [1.807, 2.05) is 0 Å². The predicted molar refractivity (Wildman–Crippen MR) is 33.9 cm³/mol. The summed E-state index contributed by atoms with van der Waals surface area (Å²) in [7, 11) is 1.75. The molecular formula is C4H7BrN2O. The Bertz CT molecular complexity index is 117. The minimum absolute atomic E-state index is 0.00752. The van der Waals surface area contributed by atoms with Crippen LogP contribution in [0.3, 0.4) is 0 Å². The van der Waals surface area contributed by atoms with Gasteiger partial charge in [0, 0.05) is 13.6 Å². The lowest BCUT2D eigenvalue weighted by Crippen LogP contribution is -2.25. The Morgan fingerprint density at radius 2 is 2.62 bits per heavy atom. The average molecular weight is 179 g/mol. The molecule has 1 saturated heterocycles. The van der Waals surface area contributed by atoms with Crippen molar-refractivity contribution in [1.29, 1.82) is 0 Å². The van der Waals surface area contributed by atoms with E-state index < -0.39 is 0 Å². The zero-order chi connectivity index (χ0) is 6.15. The fourth-order valence-corrected chi connectivity index (χ4v) is 0.908. The van der Waals surface area contributed by atoms with Gasteiger partial charge in [-0.3, -0.25) is 0 Å². The van der Waals surface area contributed by atoms with Crippen molar-refractivity contribution in [3.8, 4) is 0 Å². The zero-order valence-electron chi connectivity index (χ0n) is 4.52. The van der Waals surface area contributed by atoms with Crippen LogP contribution in [-0.2, 0) is 0 Å². The number of hydrogen-bond acceptors (Lipinski definition) is 1. The van der Waals surface area contributed by atoms with Gasteiger partial charge in [-0.05, 0) is 0 Å². The summed E-state index contributed by atoms with van der Waals surface area (Å²) in [6.45, 7) is 0.704. The van der Waals surface area contributed by atoms with Crippen LogP contribution in [0.1, 0.15) is 0 Å². The molecule has 1 unspecified atom stereocenters.